The first-order valence-electron chi connectivity index (χ1n) is 7.64. The Morgan fingerprint density at radius 1 is 1.43 bits per heavy atom. The van der Waals surface area contributed by atoms with Crippen molar-refractivity contribution >= 4 is 28.8 Å². The standard InChI is InChI=1S/C17H20ClN3OS/c1-17(2)10-21(8-7-14(17)19)16(22)13-9-23-15(20-13)11-5-3-4-6-12(11)18/h3-6,9,14H,7-8,10,19H2,1-2H3. The lowest BCUT2D eigenvalue weighted by atomic mass is 9.79. The number of benzene rings is 1. The molecule has 1 aliphatic rings. The number of thiazole rings is 1. The summed E-state index contributed by atoms with van der Waals surface area (Å²) in [5.41, 5.74) is 7.41. The van der Waals surface area contributed by atoms with Crippen LogP contribution in [0.25, 0.3) is 10.6 Å². The van der Waals surface area contributed by atoms with Gasteiger partial charge in [-0.3, -0.25) is 4.79 Å². The van der Waals surface area contributed by atoms with Gasteiger partial charge in [-0.15, -0.1) is 11.3 Å². The number of amides is 1. The summed E-state index contributed by atoms with van der Waals surface area (Å²) in [5.74, 6) is -0.0282. The van der Waals surface area contributed by atoms with Crippen LogP contribution >= 0.6 is 22.9 Å². The van der Waals surface area contributed by atoms with E-state index in [2.05, 4.69) is 18.8 Å². The molecule has 1 atom stereocenters. The van der Waals surface area contributed by atoms with E-state index >= 15 is 0 Å². The van der Waals surface area contributed by atoms with E-state index < -0.39 is 0 Å². The van der Waals surface area contributed by atoms with Crippen LogP contribution in [-0.4, -0.2) is 34.9 Å². The number of piperidine rings is 1. The van der Waals surface area contributed by atoms with Gasteiger partial charge in [0.05, 0.1) is 5.02 Å². The van der Waals surface area contributed by atoms with Crippen molar-refractivity contribution in [3.63, 3.8) is 0 Å². The predicted octanol–water partition coefficient (Wildman–Crippen LogP) is 3.66. The van der Waals surface area contributed by atoms with Crippen LogP contribution in [0.15, 0.2) is 29.6 Å². The van der Waals surface area contributed by atoms with Crippen molar-refractivity contribution in [1.82, 2.24) is 9.88 Å². The first-order chi connectivity index (χ1) is 10.9. The van der Waals surface area contributed by atoms with Gasteiger partial charge in [0, 0.05) is 30.1 Å². The molecule has 2 heterocycles. The number of halogens is 1. The third-order valence-corrected chi connectivity index (χ3v) is 5.63. The number of nitrogens with two attached hydrogens (primary N) is 1. The molecule has 0 bridgehead atoms. The molecule has 1 aromatic carbocycles. The second-order valence-corrected chi connectivity index (χ2v) is 7.89. The molecular weight excluding hydrogens is 330 g/mol. The van der Waals surface area contributed by atoms with Crippen LogP contribution in [0, 0.1) is 5.41 Å². The number of rotatable bonds is 2. The van der Waals surface area contributed by atoms with Crippen LogP contribution in [0.3, 0.4) is 0 Å². The van der Waals surface area contributed by atoms with Crippen LogP contribution in [0.5, 0.6) is 0 Å². The minimum absolute atomic E-state index is 0.0282. The van der Waals surface area contributed by atoms with Crippen molar-refractivity contribution in [2.24, 2.45) is 11.1 Å². The third-order valence-electron chi connectivity index (χ3n) is 4.43. The zero-order valence-corrected chi connectivity index (χ0v) is 14.8. The third kappa shape index (κ3) is 3.27. The molecule has 1 aliphatic heterocycles. The lowest BCUT2D eigenvalue weighted by Crippen LogP contribution is -2.54. The van der Waals surface area contributed by atoms with Gasteiger partial charge in [-0.05, 0) is 17.9 Å². The van der Waals surface area contributed by atoms with Crippen molar-refractivity contribution in [3.05, 3.63) is 40.4 Å². The highest BCUT2D eigenvalue weighted by molar-refractivity contribution is 7.13. The summed E-state index contributed by atoms with van der Waals surface area (Å²) in [7, 11) is 0. The van der Waals surface area contributed by atoms with E-state index in [1.165, 1.54) is 11.3 Å². The molecule has 0 spiro atoms. The highest BCUT2D eigenvalue weighted by atomic mass is 35.5. The maximum atomic E-state index is 12.7. The molecule has 122 valence electrons. The summed E-state index contributed by atoms with van der Waals surface area (Å²) in [6.45, 7) is 5.55. The summed E-state index contributed by atoms with van der Waals surface area (Å²) in [5, 5.41) is 3.22. The smallest absolute Gasteiger partial charge is 0.273 e. The second-order valence-electron chi connectivity index (χ2n) is 6.63. The van der Waals surface area contributed by atoms with Gasteiger partial charge in [0.2, 0.25) is 0 Å². The van der Waals surface area contributed by atoms with E-state index in [9.17, 15) is 4.79 Å². The van der Waals surface area contributed by atoms with E-state index in [4.69, 9.17) is 17.3 Å². The molecule has 3 rings (SSSR count). The van der Waals surface area contributed by atoms with Gasteiger partial charge >= 0.3 is 0 Å². The fourth-order valence-corrected chi connectivity index (χ4v) is 3.95. The van der Waals surface area contributed by atoms with Gasteiger partial charge in [-0.2, -0.15) is 0 Å². The number of aromatic nitrogens is 1. The molecule has 1 aromatic heterocycles. The van der Waals surface area contributed by atoms with Gasteiger partial charge in [-0.1, -0.05) is 43.6 Å². The first kappa shape index (κ1) is 16.4. The molecule has 2 N–H and O–H groups in total. The van der Waals surface area contributed by atoms with E-state index in [0.29, 0.717) is 23.8 Å². The van der Waals surface area contributed by atoms with Gasteiger partial charge < -0.3 is 10.6 Å². The van der Waals surface area contributed by atoms with Crippen molar-refractivity contribution < 1.29 is 4.79 Å². The maximum Gasteiger partial charge on any atom is 0.273 e. The lowest BCUT2D eigenvalue weighted by Gasteiger charge is -2.42. The molecule has 23 heavy (non-hydrogen) atoms. The monoisotopic (exact) mass is 349 g/mol. The Bertz CT molecular complexity index is 728. The molecule has 1 fully saturated rings. The fraction of sp³-hybridized carbons (Fsp3) is 0.412. The van der Waals surface area contributed by atoms with Crippen LogP contribution in [0.4, 0.5) is 0 Å². The van der Waals surface area contributed by atoms with Gasteiger partial charge in [0.25, 0.3) is 5.91 Å². The lowest BCUT2D eigenvalue weighted by molar-refractivity contribution is 0.0528. The molecule has 1 amide bonds. The van der Waals surface area contributed by atoms with Crippen LogP contribution in [-0.2, 0) is 0 Å². The molecule has 1 unspecified atom stereocenters. The quantitative estimate of drug-likeness (QED) is 0.900. The van der Waals surface area contributed by atoms with Gasteiger partial charge in [-0.25, -0.2) is 4.98 Å². The van der Waals surface area contributed by atoms with E-state index in [0.717, 1.165) is 17.0 Å². The van der Waals surface area contributed by atoms with Crippen LogP contribution in [0.1, 0.15) is 30.8 Å². The minimum atomic E-state index is -0.0739. The Hall–Kier alpha value is -1.43. The topological polar surface area (TPSA) is 59.2 Å². The fourth-order valence-electron chi connectivity index (χ4n) is 2.84. The number of hydrogen-bond acceptors (Lipinski definition) is 4. The number of nitrogens with zero attached hydrogens (tertiary/aromatic N) is 2. The number of hydrogen-bond donors (Lipinski definition) is 1. The number of likely N-dealkylation sites (tertiary alicyclic amines) is 1. The van der Waals surface area contributed by atoms with Crippen LogP contribution in [0.2, 0.25) is 5.02 Å². The van der Waals surface area contributed by atoms with E-state index in [-0.39, 0.29) is 17.4 Å². The summed E-state index contributed by atoms with van der Waals surface area (Å²) in [4.78, 5) is 19.1. The second kappa shape index (κ2) is 6.23. The number of carbonyl (C=O) groups excluding carboxylic acids is 1. The van der Waals surface area contributed by atoms with Crippen molar-refractivity contribution in [3.8, 4) is 10.6 Å². The SMILES string of the molecule is CC1(C)CN(C(=O)c2csc(-c3ccccc3Cl)n2)CCC1N. The van der Waals surface area contributed by atoms with Crippen molar-refractivity contribution in [2.75, 3.05) is 13.1 Å². The molecule has 0 aliphatic carbocycles. The molecular formula is C17H20ClN3OS. The predicted molar refractivity (Wildman–Crippen MR) is 94.8 cm³/mol. The highest BCUT2D eigenvalue weighted by Crippen LogP contribution is 2.32. The summed E-state index contributed by atoms with van der Waals surface area (Å²) >= 11 is 7.65. The average molecular weight is 350 g/mol. The Balaban J connectivity index is 1.81. The Kier molecular flexibility index (Phi) is 4.45. The molecule has 4 nitrogen and oxygen atoms in total. The van der Waals surface area contributed by atoms with E-state index in [1.807, 2.05) is 34.5 Å². The normalized spacial score (nSPS) is 20.5. The van der Waals surface area contributed by atoms with Crippen molar-refractivity contribution in [2.45, 2.75) is 26.3 Å². The molecule has 0 saturated carbocycles. The van der Waals surface area contributed by atoms with E-state index in [1.54, 1.807) is 0 Å². The van der Waals surface area contributed by atoms with Crippen molar-refractivity contribution in [1.29, 1.82) is 0 Å². The first-order valence-corrected chi connectivity index (χ1v) is 8.89. The summed E-state index contributed by atoms with van der Waals surface area (Å²) in [6.07, 6.45) is 0.820. The van der Waals surface area contributed by atoms with Gasteiger partial charge in [0.1, 0.15) is 10.7 Å². The average Bonchev–Trinajstić information content (AvgIpc) is 2.99. The van der Waals surface area contributed by atoms with Crippen LogP contribution < -0.4 is 5.73 Å². The Morgan fingerprint density at radius 3 is 2.87 bits per heavy atom. The zero-order chi connectivity index (χ0) is 16.6. The molecule has 2 aromatic rings. The summed E-state index contributed by atoms with van der Waals surface area (Å²) in [6, 6.07) is 7.66. The Morgan fingerprint density at radius 2 is 2.17 bits per heavy atom. The molecule has 0 radical (unpaired) electrons. The maximum absolute atomic E-state index is 12.7. The molecule has 6 heteroatoms. The summed E-state index contributed by atoms with van der Waals surface area (Å²) < 4.78 is 0. The zero-order valence-electron chi connectivity index (χ0n) is 13.3. The Labute approximate surface area is 145 Å². The molecule has 1 saturated heterocycles. The number of carbonyl (C=O) groups is 1. The minimum Gasteiger partial charge on any atom is -0.337 e. The largest absolute Gasteiger partial charge is 0.337 e. The van der Waals surface area contributed by atoms with Gasteiger partial charge in [0.15, 0.2) is 0 Å². The highest BCUT2D eigenvalue weighted by Gasteiger charge is 2.36.